The fourth-order valence-electron chi connectivity index (χ4n) is 3.44. The fourth-order valence-corrected chi connectivity index (χ4v) is 4.06. The molecule has 0 saturated carbocycles. The maximum Gasteiger partial charge on any atom is 0.329 e. The minimum atomic E-state index is -0.944. The lowest BCUT2D eigenvalue weighted by atomic mass is 10.0. The number of aromatic amines is 1. The van der Waals surface area contributed by atoms with E-state index in [1.54, 1.807) is 17.5 Å². The molecule has 1 atom stereocenters. The normalized spacial score (nSPS) is 11.6. The number of rotatable bonds is 9. The summed E-state index contributed by atoms with van der Waals surface area (Å²) in [5, 5.41) is 8.22. The van der Waals surface area contributed by atoms with E-state index in [1.807, 2.05) is 60.8 Å². The Balaban J connectivity index is 1.41. The van der Waals surface area contributed by atoms with Crippen LogP contribution >= 0.6 is 11.3 Å². The van der Waals surface area contributed by atoms with Crippen LogP contribution in [0.5, 0.6) is 0 Å². The van der Waals surface area contributed by atoms with Gasteiger partial charge in [-0.25, -0.2) is 4.79 Å². The van der Waals surface area contributed by atoms with Crippen molar-refractivity contribution in [3.63, 3.8) is 0 Å². The van der Waals surface area contributed by atoms with Crippen molar-refractivity contribution >= 4 is 40.0 Å². The van der Waals surface area contributed by atoms with Crippen LogP contribution in [-0.4, -0.2) is 35.4 Å². The Morgan fingerprint density at radius 2 is 1.76 bits per heavy atom. The number of H-pyrrole nitrogens is 1. The van der Waals surface area contributed by atoms with Gasteiger partial charge in [-0.3, -0.25) is 9.59 Å². The minimum absolute atomic E-state index is 0.228. The van der Waals surface area contributed by atoms with Gasteiger partial charge in [-0.1, -0.05) is 54.6 Å². The van der Waals surface area contributed by atoms with E-state index < -0.39 is 24.5 Å². The predicted octanol–water partition coefficient (Wildman–Crippen LogP) is 3.43. The molecule has 4 aromatic rings. The van der Waals surface area contributed by atoms with Gasteiger partial charge in [-0.15, -0.1) is 11.3 Å². The number of amides is 2. The number of carbonyl (C=O) groups is 3. The first-order valence-corrected chi connectivity index (χ1v) is 11.3. The van der Waals surface area contributed by atoms with Gasteiger partial charge in [0, 0.05) is 30.1 Å². The highest BCUT2D eigenvalue weighted by molar-refractivity contribution is 7.12. The van der Waals surface area contributed by atoms with Crippen molar-refractivity contribution in [1.29, 1.82) is 0 Å². The van der Waals surface area contributed by atoms with Crippen LogP contribution in [0, 0.1) is 0 Å². The Morgan fingerprint density at radius 1 is 0.970 bits per heavy atom. The summed E-state index contributed by atoms with van der Waals surface area (Å²) < 4.78 is 5.26. The van der Waals surface area contributed by atoms with Crippen LogP contribution in [0.2, 0.25) is 0 Å². The van der Waals surface area contributed by atoms with Crippen LogP contribution in [-0.2, 0) is 27.3 Å². The number of benzene rings is 2. The summed E-state index contributed by atoms with van der Waals surface area (Å²) >= 11 is 1.28. The molecular formula is C25H23N3O4S. The van der Waals surface area contributed by atoms with Gasteiger partial charge in [0.2, 0.25) is 0 Å². The molecule has 33 heavy (non-hydrogen) atoms. The summed E-state index contributed by atoms with van der Waals surface area (Å²) in [6.45, 7) is -0.0873. The summed E-state index contributed by atoms with van der Waals surface area (Å²) in [6.07, 6.45) is 2.04. The SMILES string of the molecule is O=C(COC(=O)[C@@H](Cc1c[nH]c2ccccc12)NC(=O)c1cccs1)NCc1ccccc1. The summed E-state index contributed by atoms with van der Waals surface area (Å²) in [6, 6.07) is 19.7. The second-order valence-electron chi connectivity index (χ2n) is 7.44. The average molecular weight is 462 g/mol. The molecule has 7 nitrogen and oxygen atoms in total. The molecule has 0 saturated heterocycles. The molecule has 0 unspecified atom stereocenters. The van der Waals surface area contributed by atoms with Crippen molar-refractivity contribution in [3.05, 3.63) is 94.3 Å². The molecule has 0 aliphatic rings. The molecular weight excluding hydrogens is 438 g/mol. The quantitative estimate of drug-likeness (QED) is 0.333. The van der Waals surface area contributed by atoms with Gasteiger partial charge >= 0.3 is 5.97 Å². The first-order chi connectivity index (χ1) is 16.1. The Kier molecular flexibility index (Phi) is 7.16. The topological polar surface area (TPSA) is 100 Å². The van der Waals surface area contributed by atoms with Crippen molar-refractivity contribution < 1.29 is 19.1 Å². The van der Waals surface area contributed by atoms with E-state index >= 15 is 0 Å². The smallest absolute Gasteiger partial charge is 0.329 e. The number of nitrogens with one attached hydrogen (secondary N) is 3. The van der Waals surface area contributed by atoms with Gasteiger partial charge in [0.1, 0.15) is 6.04 Å². The summed E-state index contributed by atoms with van der Waals surface area (Å²) in [7, 11) is 0. The fraction of sp³-hybridized carbons (Fsp3) is 0.160. The zero-order valence-electron chi connectivity index (χ0n) is 17.7. The summed E-state index contributed by atoms with van der Waals surface area (Å²) in [5.74, 6) is -1.44. The molecule has 8 heteroatoms. The first-order valence-electron chi connectivity index (χ1n) is 10.5. The minimum Gasteiger partial charge on any atom is -0.454 e. The number of aromatic nitrogens is 1. The number of esters is 1. The van der Waals surface area contributed by atoms with Gasteiger partial charge in [-0.2, -0.15) is 0 Å². The van der Waals surface area contributed by atoms with Crippen molar-refractivity contribution in [3.8, 4) is 0 Å². The maximum atomic E-state index is 12.9. The molecule has 168 valence electrons. The predicted molar refractivity (Wildman–Crippen MR) is 127 cm³/mol. The van der Waals surface area contributed by atoms with Crippen LogP contribution in [0.4, 0.5) is 0 Å². The van der Waals surface area contributed by atoms with Crippen molar-refractivity contribution in [1.82, 2.24) is 15.6 Å². The highest BCUT2D eigenvalue weighted by Crippen LogP contribution is 2.20. The van der Waals surface area contributed by atoms with Gasteiger partial charge in [-0.05, 0) is 28.6 Å². The monoisotopic (exact) mass is 461 g/mol. The van der Waals surface area contributed by atoms with E-state index in [0.717, 1.165) is 22.0 Å². The largest absolute Gasteiger partial charge is 0.454 e. The maximum absolute atomic E-state index is 12.9. The number of hydrogen-bond donors (Lipinski definition) is 3. The Labute approximate surface area is 194 Å². The summed E-state index contributed by atoms with van der Waals surface area (Å²) in [4.78, 5) is 41.3. The lowest BCUT2D eigenvalue weighted by Gasteiger charge is -2.17. The van der Waals surface area contributed by atoms with Gasteiger partial charge < -0.3 is 20.4 Å². The zero-order valence-corrected chi connectivity index (χ0v) is 18.6. The van der Waals surface area contributed by atoms with Gasteiger partial charge in [0.05, 0.1) is 4.88 Å². The molecule has 0 aliphatic heterocycles. The van der Waals surface area contributed by atoms with Crippen LogP contribution in [0.3, 0.4) is 0 Å². The van der Waals surface area contributed by atoms with E-state index in [-0.39, 0.29) is 12.3 Å². The molecule has 2 aromatic heterocycles. The van der Waals surface area contributed by atoms with Crippen molar-refractivity contribution in [2.24, 2.45) is 0 Å². The molecule has 0 bridgehead atoms. The third kappa shape index (κ3) is 5.87. The Bertz CT molecular complexity index is 1240. The van der Waals surface area contributed by atoms with Gasteiger partial charge in [0.25, 0.3) is 11.8 Å². The lowest BCUT2D eigenvalue weighted by Crippen LogP contribution is -2.44. The first kappa shape index (κ1) is 22.3. The molecule has 3 N–H and O–H groups in total. The van der Waals surface area contributed by atoms with Gasteiger partial charge in [0.15, 0.2) is 6.61 Å². The third-order valence-electron chi connectivity index (χ3n) is 5.11. The van der Waals surface area contributed by atoms with Crippen LogP contribution < -0.4 is 10.6 Å². The molecule has 0 aliphatic carbocycles. The molecule has 2 aromatic carbocycles. The van der Waals surface area contributed by atoms with E-state index in [4.69, 9.17) is 4.74 Å². The van der Waals surface area contributed by atoms with E-state index in [9.17, 15) is 14.4 Å². The van der Waals surface area contributed by atoms with E-state index in [1.165, 1.54) is 11.3 Å². The van der Waals surface area contributed by atoms with E-state index in [2.05, 4.69) is 15.6 Å². The number of fused-ring (bicyclic) bond motifs is 1. The zero-order chi connectivity index (χ0) is 23.0. The molecule has 0 radical (unpaired) electrons. The molecule has 4 rings (SSSR count). The third-order valence-corrected chi connectivity index (χ3v) is 5.98. The number of hydrogen-bond acceptors (Lipinski definition) is 5. The standard InChI is InChI=1S/C25H23N3O4S/c29-23(27-14-17-7-2-1-3-8-17)16-32-25(31)21(28-24(30)22-11-6-12-33-22)13-18-15-26-20-10-5-4-9-19(18)20/h1-12,15,21,26H,13-14,16H2,(H,27,29)(H,28,30)/t21-/m1/s1. The molecule has 0 fully saturated rings. The Morgan fingerprint density at radius 3 is 2.55 bits per heavy atom. The number of para-hydroxylation sites is 1. The highest BCUT2D eigenvalue weighted by Gasteiger charge is 2.25. The lowest BCUT2D eigenvalue weighted by molar-refractivity contribution is -0.150. The second kappa shape index (κ2) is 10.6. The van der Waals surface area contributed by atoms with Crippen LogP contribution in [0.15, 0.2) is 78.3 Å². The van der Waals surface area contributed by atoms with Crippen LogP contribution in [0.25, 0.3) is 10.9 Å². The Hall–Kier alpha value is -3.91. The average Bonchev–Trinajstić information content (AvgIpc) is 3.52. The van der Waals surface area contributed by atoms with E-state index in [0.29, 0.717) is 11.4 Å². The number of thiophene rings is 1. The van der Waals surface area contributed by atoms with Crippen molar-refractivity contribution in [2.75, 3.05) is 6.61 Å². The van der Waals surface area contributed by atoms with Crippen molar-refractivity contribution in [2.45, 2.75) is 19.0 Å². The number of carbonyl (C=O) groups excluding carboxylic acids is 3. The molecule has 2 heterocycles. The van der Waals surface area contributed by atoms with Crippen LogP contribution in [0.1, 0.15) is 20.8 Å². The molecule has 2 amide bonds. The number of ether oxygens (including phenoxy) is 1. The summed E-state index contributed by atoms with van der Waals surface area (Å²) in [5.41, 5.74) is 2.75. The highest BCUT2D eigenvalue weighted by atomic mass is 32.1. The second-order valence-corrected chi connectivity index (χ2v) is 8.38. The molecule has 0 spiro atoms.